The van der Waals surface area contributed by atoms with E-state index >= 15 is 0 Å². The molecule has 2 unspecified atom stereocenters. The first-order valence-electron chi connectivity index (χ1n) is 5.88. The van der Waals surface area contributed by atoms with Crippen LogP contribution >= 0.6 is 0 Å². The fourth-order valence-electron chi connectivity index (χ4n) is 1.50. The minimum atomic E-state index is -0.0671. The maximum absolute atomic E-state index is 11.9. The van der Waals surface area contributed by atoms with Crippen molar-refractivity contribution < 1.29 is 9.59 Å². The van der Waals surface area contributed by atoms with Gasteiger partial charge in [0.2, 0.25) is 11.8 Å². The molecule has 0 radical (unpaired) electrons. The molecule has 0 saturated carbocycles. The van der Waals surface area contributed by atoms with Gasteiger partial charge in [-0.25, -0.2) is 0 Å². The maximum atomic E-state index is 11.9. The molecule has 0 bridgehead atoms. The zero-order valence-corrected chi connectivity index (χ0v) is 10.6. The van der Waals surface area contributed by atoms with Crippen LogP contribution in [-0.2, 0) is 9.59 Å². The van der Waals surface area contributed by atoms with Gasteiger partial charge >= 0.3 is 0 Å². The first-order chi connectivity index (χ1) is 7.30. The summed E-state index contributed by atoms with van der Waals surface area (Å²) < 4.78 is 0. The van der Waals surface area contributed by atoms with Crippen LogP contribution in [0, 0.1) is 11.3 Å². The Morgan fingerprint density at radius 3 is 2.56 bits per heavy atom. The number of rotatable bonds is 2. The van der Waals surface area contributed by atoms with Crippen LogP contribution in [0.3, 0.4) is 0 Å². The Balaban J connectivity index is 2.44. The van der Waals surface area contributed by atoms with Crippen molar-refractivity contribution in [2.24, 2.45) is 11.3 Å². The highest BCUT2D eigenvalue weighted by atomic mass is 16.2. The SMILES string of the molecule is CC(NC(=O)C1CCC(=O)NC1)C(C)(C)C. The normalized spacial score (nSPS) is 23.5. The molecule has 1 saturated heterocycles. The highest BCUT2D eigenvalue weighted by Gasteiger charge is 2.28. The predicted molar refractivity (Wildman–Crippen MR) is 62.8 cm³/mol. The van der Waals surface area contributed by atoms with Gasteiger partial charge in [0, 0.05) is 19.0 Å². The number of piperidine rings is 1. The Hall–Kier alpha value is -1.06. The fourth-order valence-corrected chi connectivity index (χ4v) is 1.50. The van der Waals surface area contributed by atoms with Crippen molar-refractivity contribution in [1.29, 1.82) is 0 Å². The Kier molecular flexibility index (Phi) is 3.94. The number of carbonyl (C=O) groups excluding carboxylic acids is 2. The van der Waals surface area contributed by atoms with Crippen LogP contribution in [0.5, 0.6) is 0 Å². The predicted octanol–water partition coefficient (Wildman–Crippen LogP) is 1.06. The lowest BCUT2D eigenvalue weighted by Gasteiger charge is -2.30. The Labute approximate surface area is 97.2 Å². The second kappa shape index (κ2) is 4.85. The molecule has 92 valence electrons. The minimum absolute atomic E-state index is 0.0490. The molecule has 0 aliphatic carbocycles. The summed E-state index contributed by atoms with van der Waals surface area (Å²) in [5.41, 5.74) is 0.0631. The lowest BCUT2D eigenvalue weighted by molar-refractivity contribution is -0.129. The van der Waals surface area contributed by atoms with E-state index in [-0.39, 0.29) is 29.2 Å². The van der Waals surface area contributed by atoms with E-state index in [1.165, 1.54) is 0 Å². The first-order valence-corrected chi connectivity index (χ1v) is 5.88. The topological polar surface area (TPSA) is 58.2 Å². The van der Waals surface area contributed by atoms with Gasteiger partial charge in [-0.15, -0.1) is 0 Å². The molecule has 2 amide bonds. The molecule has 1 heterocycles. The van der Waals surface area contributed by atoms with E-state index in [1.54, 1.807) is 0 Å². The number of hydrogen-bond donors (Lipinski definition) is 2. The van der Waals surface area contributed by atoms with Crippen molar-refractivity contribution in [2.45, 2.75) is 46.6 Å². The van der Waals surface area contributed by atoms with Gasteiger partial charge in [-0.1, -0.05) is 20.8 Å². The minimum Gasteiger partial charge on any atom is -0.355 e. The summed E-state index contributed by atoms with van der Waals surface area (Å²) in [4.78, 5) is 22.9. The second-order valence-corrected chi connectivity index (χ2v) is 5.64. The van der Waals surface area contributed by atoms with Crippen LogP contribution in [0.25, 0.3) is 0 Å². The van der Waals surface area contributed by atoms with Crippen molar-refractivity contribution in [2.75, 3.05) is 6.54 Å². The van der Waals surface area contributed by atoms with E-state index in [9.17, 15) is 9.59 Å². The Morgan fingerprint density at radius 1 is 1.50 bits per heavy atom. The van der Waals surface area contributed by atoms with E-state index in [1.807, 2.05) is 6.92 Å². The van der Waals surface area contributed by atoms with Crippen molar-refractivity contribution in [3.8, 4) is 0 Å². The average Bonchev–Trinajstić information content (AvgIpc) is 2.17. The summed E-state index contributed by atoms with van der Waals surface area (Å²) in [6.07, 6.45) is 1.12. The quantitative estimate of drug-likeness (QED) is 0.740. The smallest absolute Gasteiger partial charge is 0.225 e. The third kappa shape index (κ3) is 3.51. The monoisotopic (exact) mass is 226 g/mol. The van der Waals surface area contributed by atoms with Crippen molar-refractivity contribution in [3.63, 3.8) is 0 Å². The van der Waals surface area contributed by atoms with E-state index in [0.29, 0.717) is 19.4 Å². The number of amides is 2. The van der Waals surface area contributed by atoms with Gasteiger partial charge in [0.05, 0.1) is 5.92 Å². The third-order valence-electron chi connectivity index (χ3n) is 3.29. The summed E-state index contributed by atoms with van der Waals surface area (Å²) in [6, 6.07) is 0.137. The fraction of sp³-hybridized carbons (Fsp3) is 0.833. The molecule has 0 aromatic heterocycles. The van der Waals surface area contributed by atoms with Crippen molar-refractivity contribution in [1.82, 2.24) is 10.6 Å². The van der Waals surface area contributed by atoms with Crippen LogP contribution in [0.2, 0.25) is 0 Å². The van der Waals surface area contributed by atoms with Gasteiger partial charge in [-0.3, -0.25) is 9.59 Å². The summed E-state index contributed by atoms with van der Waals surface area (Å²) in [5, 5.41) is 5.74. The van der Waals surface area contributed by atoms with Gasteiger partial charge in [-0.05, 0) is 18.8 Å². The standard InChI is InChI=1S/C12H22N2O2/c1-8(12(2,3)4)14-11(16)9-5-6-10(15)13-7-9/h8-9H,5-7H2,1-4H3,(H,13,15)(H,14,16). The van der Waals surface area contributed by atoms with Crippen LogP contribution < -0.4 is 10.6 Å². The van der Waals surface area contributed by atoms with Crippen LogP contribution in [0.15, 0.2) is 0 Å². The molecule has 0 aromatic rings. The van der Waals surface area contributed by atoms with Gasteiger partial charge in [-0.2, -0.15) is 0 Å². The first kappa shape index (κ1) is 13.0. The zero-order valence-electron chi connectivity index (χ0n) is 10.6. The summed E-state index contributed by atoms with van der Waals surface area (Å²) in [5.74, 6) is 0.0397. The van der Waals surface area contributed by atoms with Gasteiger partial charge in [0.15, 0.2) is 0 Å². The number of hydrogen-bond acceptors (Lipinski definition) is 2. The van der Waals surface area contributed by atoms with Crippen LogP contribution in [-0.4, -0.2) is 24.4 Å². The molecule has 1 fully saturated rings. The molecule has 2 atom stereocenters. The van der Waals surface area contributed by atoms with Crippen molar-refractivity contribution in [3.05, 3.63) is 0 Å². The molecular weight excluding hydrogens is 204 g/mol. The van der Waals surface area contributed by atoms with Gasteiger partial charge in [0.25, 0.3) is 0 Å². The molecule has 4 nitrogen and oxygen atoms in total. The molecule has 0 spiro atoms. The molecule has 2 N–H and O–H groups in total. The molecule has 4 heteroatoms. The third-order valence-corrected chi connectivity index (χ3v) is 3.29. The molecule has 16 heavy (non-hydrogen) atoms. The lowest BCUT2D eigenvalue weighted by atomic mass is 9.87. The van der Waals surface area contributed by atoms with E-state index in [2.05, 4.69) is 31.4 Å². The highest BCUT2D eigenvalue weighted by Crippen LogP contribution is 2.19. The summed E-state index contributed by atoms with van der Waals surface area (Å²) >= 11 is 0. The Bertz CT molecular complexity index is 271. The highest BCUT2D eigenvalue weighted by molar-refractivity contribution is 5.83. The van der Waals surface area contributed by atoms with E-state index < -0.39 is 0 Å². The van der Waals surface area contributed by atoms with Crippen molar-refractivity contribution >= 4 is 11.8 Å². The zero-order chi connectivity index (χ0) is 12.3. The second-order valence-electron chi connectivity index (χ2n) is 5.64. The summed E-state index contributed by atoms with van der Waals surface area (Å²) in [7, 11) is 0. The lowest BCUT2D eigenvalue weighted by Crippen LogP contribution is -2.48. The maximum Gasteiger partial charge on any atom is 0.225 e. The molecule has 1 aliphatic heterocycles. The largest absolute Gasteiger partial charge is 0.355 e. The van der Waals surface area contributed by atoms with Gasteiger partial charge < -0.3 is 10.6 Å². The summed E-state index contributed by atoms with van der Waals surface area (Å²) in [6.45, 7) is 8.78. The average molecular weight is 226 g/mol. The van der Waals surface area contributed by atoms with E-state index in [0.717, 1.165) is 0 Å². The number of carbonyl (C=O) groups is 2. The van der Waals surface area contributed by atoms with Crippen LogP contribution in [0.4, 0.5) is 0 Å². The molecular formula is C12H22N2O2. The number of nitrogens with one attached hydrogen (secondary N) is 2. The van der Waals surface area contributed by atoms with Gasteiger partial charge in [0.1, 0.15) is 0 Å². The molecule has 0 aromatic carbocycles. The molecule has 1 aliphatic rings. The Morgan fingerprint density at radius 2 is 2.12 bits per heavy atom. The van der Waals surface area contributed by atoms with Crippen LogP contribution in [0.1, 0.15) is 40.5 Å². The van der Waals surface area contributed by atoms with E-state index in [4.69, 9.17) is 0 Å². The molecule has 1 rings (SSSR count).